The van der Waals surface area contributed by atoms with E-state index in [1.54, 1.807) is 6.20 Å². The van der Waals surface area contributed by atoms with Crippen LogP contribution < -0.4 is 4.90 Å². The zero-order valence-corrected chi connectivity index (χ0v) is 9.88. The Hall–Kier alpha value is -1.13. The Morgan fingerprint density at radius 1 is 1.47 bits per heavy atom. The topological polar surface area (TPSA) is 45.6 Å². The van der Waals surface area contributed by atoms with Gasteiger partial charge in [0.15, 0.2) is 0 Å². The number of morpholine rings is 1. The summed E-state index contributed by atoms with van der Waals surface area (Å²) in [6.07, 6.45) is 5.76. The Morgan fingerprint density at radius 3 is 3.29 bits per heavy atom. The Bertz CT molecular complexity index is 397. The fourth-order valence-electron chi connectivity index (χ4n) is 2.93. The highest BCUT2D eigenvalue weighted by molar-refractivity contribution is 5.43. The number of nitrogens with zero attached hydrogens (tertiary/aromatic N) is 2. The van der Waals surface area contributed by atoms with Gasteiger partial charge in [-0.3, -0.25) is 0 Å². The van der Waals surface area contributed by atoms with Gasteiger partial charge < -0.3 is 14.7 Å². The molecule has 17 heavy (non-hydrogen) atoms. The van der Waals surface area contributed by atoms with Crippen molar-refractivity contribution in [2.45, 2.75) is 38.0 Å². The molecule has 2 unspecified atom stereocenters. The van der Waals surface area contributed by atoms with E-state index in [4.69, 9.17) is 4.74 Å². The van der Waals surface area contributed by atoms with Gasteiger partial charge >= 0.3 is 0 Å². The summed E-state index contributed by atoms with van der Waals surface area (Å²) >= 11 is 0. The lowest BCUT2D eigenvalue weighted by atomic mass is 10.1. The molecule has 1 saturated carbocycles. The van der Waals surface area contributed by atoms with Gasteiger partial charge in [0.1, 0.15) is 5.82 Å². The highest BCUT2D eigenvalue weighted by atomic mass is 16.5. The van der Waals surface area contributed by atoms with E-state index in [1.807, 2.05) is 12.1 Å². The van der Waals surface area contributed by atoms with Gasteiger partial charge in [-0.25, -0.2) is 4.98 Å². The van der Waals surface area contributed by atoms with E-state index in [-0.39, 0.29) is 6.61 Å². The molecule has 2 atom stereocenters. The molecule has 1 aliphatic heterocycles. The second kappa shape index (κ2) is 4.63. The van der Waals surface area contributed by atoms with Crippen molar-refractivity contribution in [2.75, 3.05) is 18.1 Å². The maximum Gasteiger partial charge on any atom is 0.129 e. The molecular weight excluding hydrogens is 216 g/mol. The van der Waals surface area contributed by atoms with E-state index in [2.05, 4.69) is 9.88 Å². The summed E-state index contributed by atoms with van der Waals surface area (Å²) in [5.41, 5.74) is 0.927. The quantitative estimate of drug-likeness (QED) is 0.838. The lowest BCUT2D eigenvalue weighted by Gasteiger charge is -2.38. The molecule has 0 spiro atoms. The van der Waals surface area contributed by atoms with Crippen LogP contribution in [0.5, 0.6) is 0 Å². The van der Waals surface area contributed by atoms with Gasteiger partial charge in [-0.2, -0.15) is 0 Å². The minimum atomic E-state index is 0.0773. The third kappa shape index (κ3) is 2.03. The van der Waals surface area contributed by atoms with E-state index >= 15 is 0 Å². The van der Waals surface area contributed by atoms with E-state index in [9.17, 15) is 5.11 Å². The second-order valence-corrected chi connectivity index (χ2v) is 4.78. The smallest absolute Gasteiger partial charge is 0.129 e. The largest absolute Gasteiger partial charge is 0.392 e. The van der Waals surface area contributed by atoms with Gasteiger partial charge in [0, 0.05) is 12.7 Å². The summed E-state index contributed by atoms with van der Waals surface area (Å²) < 4.78 is 5.79. The summed E-state index contributed by atoms with van der Waals surface area (Å²) in [5.74, 6) is 0.983. The van der Waals surface area contributed by atoms with Crippen molar-refractivity contribution < 1.29 is 9.84 Å². The molecule has 0 amide bonds. The average molecular weight is 234 g/mol. The molecule has 0 aromatic carbocycles. The predicted octanol–water partition coefficient (Wildman–Crippen LogP) is 1.33. The predicted molar refractivity (Wildman–Crippen MR) is 64.9 cm³/mol. The van der Waals surface area contributed by atoms with Crippen molar-refractivity contribution in [3.05, 3.63) is 23.9 Å². The van der Waals surface area contributed by atoms with Gasteiger partial charge in [0.25, 0.3) is 0 Å². The Kier molecular flexibility index (Phi) is 2.99. The van der Waals surface area contributed by atoms with Crippen LogP contribution >= 0.6 is 0 Å². The van der Waals surface area contributed by atoms with Crippen LogP contribution in [0.25, 0.3) is 0 Å². The first-order valence-electron chi connectivity index (χ1n) is 6.32. The Balaban J connectivity index is 1.86. The fourth-order valence-corrected chi connectivity index (χ4v) is 2.93. The number of aromatic nitrogens is 1. The number of hydrogen-bond donors (Lipinski definition) is 1. The standard InChI is InChI=1S/C13H18N2O2/c16-9-10-4-5-14-13(8-10)15-6-7-17-12-3-1-2-11(12)15/h4-5,8,11-12,16H,1-3,6-7,9H2. The highest BCUT2D eigenvalue weighted by Gasteiger charge is 2.36. The van der Waals surface area contributed by atoms with Gasteiger partial charge in [-0.05, 0) is 37.0 Å². The van der Waals surface area contributed by atoms with Crippen molar-refractivity contribution in [3.8, 4) is 0 Å². The van der Waals surface area contributed by atoms with Gasteiger partial charge in [-0.1, -0.05) is 0 Å². The lowest BCUT2D eigenvalue weighted by molar-refractivity contribution is 0.0253. The molecule has 0 radical (unpaired) electrons. The van der Waals surface area contributed by atoms with Crippen LogP contribution in [0.3, 0.4) is 0 Å². The van der Waals surface area contributed by atoms with Crippen LogP contribution in [-0.4, -0.2) is 35.4 Å². The van der Waals surface area contributed by atoms with Crippen molar-refractivity contribution in [2.24, 2.45) is 0 Å². The van der Waals surface area contributed by atoms with Crippen LogP contribution in [0, 0.1) is 0 Å². The number of hydrogen-bond acceptors (Lipinski definition) is 4. The maximum atomic E-state index is 9.18. The molecule has 1 N–H and O–H groups in total. The number of fused-ring (bicyclic) bond motifs is 1. The average Bonchev–Trinajstić information content (AvgIpc) is 2.87. The number of anilines is 1. The van der Waals surface area contributed by atoms with Crippen LogP contribution in [0.2, 0.25) is 0 Å². The molecule has 1 saturated heterocycles. The molecule has 0 bridgehead atoms. The number of pyridine rings is 1. The number of aliphatic hydroxyl groups is 1. The van der Waals surface area contributed by atoms with E-state index in [0.29, 0.717) is 12.1 Å². The zero-order valence-electron chi connectivity index (χ0n) is 9.88. The monoisotopic (exact) mass is 234 g/mol. The minimum absolute atomic E-state index is 0.0773. The summed E-state index contributed by atoms with van der Waals surface area (Å²) in [4.78, 5) is 6.78. The fraction of sp³-hybridized carbons (Fsp3) is 0.615. The van der Waals surface area contributed by atoms with Crippen LogP contribution in [0.15, 0.2) is 18.3 Å². The van der Waals surface area contributed by atoms with Crippen LogP contribution in [-0.2, 0) is 11.3 Å². The third-order valence-electron chi connectivity index (χ3n) is 3.77. The molecule has 2 heterocycles. The summed E-state index contributed by atoms with van der Waals surface area (Å²) in [5, 5.41) is 9.18. The number of aliphatic hydroxyl groups excluding tert-OH is 1. The summed E-state index contributed by atoms with van der Waals surface area (Å²) in [7, 11) is 0. The van der Waals surface area contributed by atoms with Crippen molar-refractivity contribution in [1.82, 2.24) is 4.98 Å². The molecule has 4 nitrogen and oxygen atoms in total. The van der Waals surface area contributed by atoms with Crippen molar-refractivity contribution in [3.63, 3.8) is 0 Å². The Labute approximate surface area is 101 Å². The summed E-state index contributed by atoms with van der Waals surface area (Å²) in [6.45, 7) is 1.77. The molecule has 1 aromatic rings. The number of rotatable bonds is 2. The molecule has 1 aliphatic carbocycles. The molecule has 2 fully saturated rings. The lowest BCUT2D eigenvalue weighted by Crippen LogP contribution is -2.49. The van der Waals surface area contributed by atoms with Gasteiger partial charge in [-0.15, -0.1) is 0 Å². The number of ether oxygens (including phenoxy) is 1. The third-order valence-corrected chi connectivity index (χ3v) is 3.77. The molecule has 2 aliphatic rings. The summed E-state index contributed by atoms with van der Waals surface area (Å²) in [6, 6.07) is 4.32. The molecular formula is C13H18N2O2. The van der Waals surface area contributed by atoms with Crippen molar-refractivity contribution in [1.29, 1.82) is 0 Å². The van der Waals surface area contributed by atoms with Crippen LogP contribution in [0.1, 0.15) is 24.8 Å². The first kappa shape index (κ1) is 11.0. The molecule has 3 rings (SSSR count). The SMILES string of the molecule is OCc1ccnc(N2CCOC3CCCC32)c1. The first-order valence-corrected chi connectivity index (χ1v) is 6.32. The van der Waals surface area contributed by atoms with Crippen LogP contribution in [0.4, 0.5) is 5.82 Å². The normalized spacial score (nSPS) is 28.2. The van der Waals surface area contributed by atoms with Gasteiger partial charge in [0.2, 0.25) is 0 Å². The van der Waals surface area contributed by atoms with Crippen molar-refractivity contribution >= 4 is 5.82 Å². The zero-order chi connectivity index (χ0) is 11.7. The van der Waals surface area contributed by atoms with E-state index in [1.165, 1.54) is 19.3 Å². The minimum Gasteiger partial charge on any atom is -0.392 e. The maximum absolute atomic E-state index is 9.18. The van der Waals surface area contributed by atoms with E-state index < -0.39 is 0 Å². The highest BCUT2D eigenvalue weighted by Crippen LogP contribution is 2.32. The first-order chi connectivity index (χ1) is 8.38. The van der Waals surface area contributed by atoms with Gasteiger partial charge in [0.05, 0.1) is 25.4 Å². The molecule has 92 valence electrons. The Morgan fingerprint density at radius 2 is 2.41 bits per heavy atom. The molecule has 1 aromatic heterocycles. The van der Waals surface area contributed by atoms with E-state index in [0.717, 1.165) is 24.5 Å². The molecule has 4 heteroatoms. The second-order valence-electron chi connectivity index (χ2n) is 4.78.